The van der Waals surface area contributed by atoms with Crippen LogP contribution in [0.15, 0.2) is 53.3 Å². The van der Waals surface area contributed by atoms with E-state index in [1.807, 2.05) is 6.07 Å². The molecule has 0 saturated heterocycles. The van der Waals surface area contributed by atoms with Crippen LogP contribution < -0.4 is 4.90 Å². The summed E-state index contributed by atoms with van der Waals surface area (Å²) < 4.78 is 15.5. The van der Waals surface area contributed by atoms with Gasteiger partial charge in [0.05, 0.1) is 16.2 Å². The predicted octanol–water partition coefficient (Wildman–Crippen LogP) is 3.51. The highest BCUT2D eigenvalue weighted by Crippen LogP contribution is 2.23. The first-order valence-corrected chi connectivity index (χ1v) is 7.02. The fourth-order valence-electron chi connectivity index (χ4n) is 2.05. The van der Waals surface area contributed by atoms with E-state index >= 15 is 0 Å². The Morgan fingerprint density at radius 1 is 1.29 bits per heavy atom. The Hall–Kier alpha value is -2.21. The Balaban J connectivity index is 1.95. The highest BCUT2D eigenvalue weighted by molar-refractivity contribution is 9.10. The van der Waals surface area contributed by atoms with Crippen molar-refractivity contribution in [2.45, 2.75) is 0 Å². The molecule has 0 saturated carbocycles. The number of hydrogen-bond donors (Lipinski definition) is 0. The molecule has 0 fully saturated rings. The monoisotopic (exact) mass is 347 g/mol. The molecule has 0 atom stereocenters. The minimum Gasteiger partial charge on any atom is -0.311 e. The third-order valence-corrected chi connectivity index (χ3v) is 3.85. The number of aromatic nitrogens is 2. The molecular weight excluding hydrogens is 337 g/mol. The van der Waals surface area contributed by atoms with E-state index in [9.17, 15) is 9.18 Å². The maximum atomic E-state index is 12.9. The van der Waals surface area contributed by atoms with Crippen LogP contribution in [0.3, 0.4) is 0 Å². The van der Waals surface area contributed by atoms with Crippen LogP contribution in [0.4, 0.5) is 10.1 Å². The summed E-state index contributed by atoms with van der Waals surface area (Å²) >= 11 is 3.41. The number of carbonyl (C=O) groups excluding carboxylic acids is 1. The van der Waals surface area contributed by atoms with E-state index in [0.717, 1.165) is 15.7 Å². The van der Waals surface area contributed by atoms with Crippen LogP contribution >= 0.6 is 15.9 Å². The molecule has 1 amide bonds. The lowest BCUT2D eigenvalue weighted by atomic mass is 10.2. The topological polar surface area (TPSA) is 37.6 Å². The number of rotatable bonds is 2. The summed E-state index contributed by atoms with van der Waals surface area (Å²) in [5.74, 6) is -0.561. The van der Waals surface area contributed by atoms with Gasteiger partial charge in [0, 0.05) is 24.5 Å². The molecule has 0 N–H and O–H groups in total. The first-order valence-electron chi connectivity index (χ1n) is 6.23. The van der Waals surface area contributed by atoms with E-state index in [-0.39, 0.29) is 11.7 Å². The number of halogens is 2. The zero-order valence-corrected chi connectivity index (χ0v) is 12.7. The molecule has 4 nitrogen and oxygen atoms in total. The van der Waals surface area contributed by atoms with Crippen LogP contribution in [0, 0.1) is 5.82 Å². The fourth-order valence-corrected chi connectivity index (χ4v) is 2.44. The zero-order chi connectivity index (χ0) is 15.0. The number of amides is 1. The lowest BCUT2D eigenvalue weighted by Gasteiger charge is -2.17. The summed E-state index contributed by atoms with van der Waals surface area (Å²) in [6.07, 6.45) is 3.48. The summed E-state index contributed by atoms with van der Waals surface area (Å²) in [7, 11) is 1.68. The highest BCUT2D eigenvalue weighted by Gasteiger charge is 2.14. The van der Waals surface area contributed by atoms with Gasteiger partial charge in [-0.1, -0.05) is 0 Å². The third kappa shape index (κ3) is 2.54. The van der Waals surface area contributed by atoms with Gasteiger partial charge in [0.2, 0.25) is 0 Å². The largest absolute Gasteiger partial charge is 0.311 e. The van der Waals surface area contributed by atoms with E-state index < -0.39 is 0 Å². The third-order valence-electron chi connectivity index (χ3n) is 3.24. The van der Waals surface area contributed by atoms with Crippen molar-refractivity contribution < 1.29 is 9.18 Å². The number of fused-ring (bicyclic) bond motifs is 1. The molecular formula is C15H11BrFN3O. The first-order chi connectivity index (χ1) is 10.1. The maximum Gasteiger partial charge on any atom is 0.258 e. The molecule has 21 heavy (non-hydrogen) atoms. The number of carbonyl (C=O) groups is 1. The molecule has 0 aliphatic rings. The zero-order valence-electron chi connectivity index (χ0n) is 11.1. The van der Waals surface area contributed by atoms with E-state index in [0.29, 0.717) is 5.56 Å². The van der Waals surface area contributed by atoms with Crippen molar-refractivity contribution in [3.8, 4) is 0 Å². The SMILES string of the molecule is CN(C(=O)c1ccc(F)cc1)c1ccn2ncc(Br)c2c1. The molecule has 2 heterocycles. The second kappa shape index (κ2) is 5.29. The molecule has 6 heteroatoms. The van der Waals surface area contributed by atoms with E-state index in [1.165, 1.54) is 29.2 Å². The van der Waals surface area contributed by atoms with E-state index in [2.05, 4.69) is 21.0 Å². The second-order valence-electron chi connectivity index (χ2n) is 4.58. The molecule has 0 bridgehead atoms. The van der Waals surface area contributed by atoms with Gasteiger partial charge in [0.1, 0.15) is 5.82 Å². The summed E-state index contributed by atoms with van der Waals surface area (Å²) in [6.45, 7) is 0. The van der Waals surface area contributed by atoms with Crippen molar-refractivity contribution in [2.75, 3.05) is 11.9 Å². The van der Waals surface area contributed by atoms with Gasteiger partial charge in [-0.2, -0.15) is 5.10 Å². The van der Waals surface area contributed by atoms with Crippen molar-refractivity contribution in [2.24, 2.45) is 0 Å². The van der Waals surface area contributed by atoms with Gasteiger partial charge in [-0.15, -0.1) is 0 Å². The average Bonchev–Trinajstić information content (AvgIpc) is 2.87. The molecule has 3 aromatic rings. The predicted molar refractivity (Wildman–Crippen MR) is 82.0 cm³/mol. The number of hydrogen-bond acceptors (Lipinski definition) is 2. The van der Waals surface area contributed by atoms with Gasteiger partial charge in [-0.05, 0) is 52.3 Å². The highest BCUT2D eigenvalue weighted by atomic mass is 79.9. The maximum absolute atomic E-state index is 12.9. The van der Waals surface area contributed by atoms with Gasteiger partial charge in [0.25, 0.3) is 5.91 Å². The van der Waals surface area contributed by atoms with Crippen molar-refractivity contribution in [3.05, 3.63) is 64.6 Å². The van der Waals surface area contributed by atoms with Gasteiger partial charge in [-0.3, -0.25) is 4.79 Å². The van der Waals surface area contributed by atoms with Crippen molar-refractivity contribution in [1.82, 2.24) is 9.61 Å². The van der Waals surface area contributed by atoms with Crippen molar-refractivity contribution in [1.29, 1.82) is 0 Å². The van der Waals surface area contributed by atoms with E-state index in [1.54, 1.807) is 30.0 Å². The number of nitrogens with zero attached hydrogens (tertiary/aromatic N) is 3. The summed E-state index contributed by atoms with van der Waals surface area (Å²) in [5.41, 5.74) is 2.04. The van der Waals surface area contributed by atoms with Gasteiger partial charge in [0.15, 0.2) is 0 Å². The first kappa shape index (κ1) is 13.8. The van der Waals surface area contributed by atoms with Gasteiger partial charge in [-0.25, -0.2) is 8.91 Å². The molecule has 0 radical (unpaired) electrons. The Bertz CT molecular complexity index is 813. The standard InChI is InChI=1S/C15H11BrFN3O/c1-19(15(21)10-2-4-11(17)5-3-10)12-6-7-20-14(8-12)13(16)9-18-20/h2-9H,1H3. The Morgan fingerprint density at radius 2 is 2.00 bits per heavy atom. The number of pyridine rings is 1. The Kier molecular flexibility index (Phi) is 3.47. The molecule has 0 unspecified atom stereocenters. The molecule has 0 spiro atoms. The van der Waals surface area contributed by atoms with Crippen LogP contribution in [0.25, 0.3) is 5.52 Å². The van der Waals surface area contributed by atoms with Crippen LogP contribution in [-0.2, 0) is 0 Å². The molecule has 2 aromatic heterocycles. The van der Waals surface area contributed by atoms with Crippen molar-refractivity contribution >= 4 is 33.0 Å². The quantitative estimate of drug-likeness (QED) is 0.711. The molecule has 106 valence electrons. The summed E-state index contributed by atoms with van der Waals surface area (Å²) in [5, 5.41) is 4.16. The normalized spacial score (nSPS) is 10.8. The van der Waals surface area contributed by atoms with Crippen LogP contribution in [0.2, 0.25) is 0 Å². The second-order valence-corrected chi connectivity index (χ2v) is 5.43. The van der Waals surface area contributed by atoms with Crippen LogP contribution in [0.5, 0.6) is 0 Å². The lowest BCUT2D eigenvalue weighted by Crippen LogP contribution is -2.26. The number of benzene rings is 1. The molecule has 0 aliphatic carbocycles. The summed E-state index contributed by atoms with van der Waals surface area (Å²) in [4.78, 5) is 13.9. The summed E-state index contributed by atoms with van der Waals surface area (Å²) in [6, 6.07) is 9.16. The molecule has 0 aliphatic heterocycles. The Labute approximate surface area is 128 Å². The van der Waals surface area contributed by atoms with E-state index in [4.69, 9.17) is 0 Å². The van der Waals surface area contributed by atoms with Crippen molar-refractivity contribution in [3.63, 3.8) is 0 Å². The van der Waals surface area contributed by atoms with Crippen LogP contribution in [0.1, 0.15) is 10.4 Å². The minimum atomic E-state index is -0.362. The number of anilines is 1. The van der Waals surface area contributed by atoms with Crippen LogP contribution in [-0.4, -0.2) is 22.6 Å². The molecule has 1 aromatic carbocycles. The fraction of sp³-hybridized carbons (Fsp3) is 0.0667. The Morgan fingerprint density at radius 3 is 2.71 bits per heavy atom. The average molecular weight is 348 g/mol. The lowest BCUT2D eigenvalue weighted by molar-refractivity contribution is 0.0993. The smallest absolute Gasteiger partial charge is 0.258 e. The minimum absolute atomic E-state index is 0.199. The molecule has 3 rings (SSSR count). The van der Waals surface area contributed by atoms with Gasteiger partial charge < -0.3 is 4.90 Å². The van der Waals surface area contributed by atoms with Gasteiger partial charge >= 0.3 is 0 Å².